The van der Waals surface area contributed by atoms with Gasteiger partial charge in [-0.1, -0.05) is 27.2 Å². The largest absolute Gasteiger partial charge is 0.380 e. The zero-order valence-electron chi connectivity index (χ0n) is 10.8. The molecule has 15 heavy (non-hydrogen) atoms. The molecular weight excluding hydrogens is 186 g/mol. The lowest BCUT2D eigenvalue weighted by atomic mass is 9.91. The number of methoxy groups -OCH3 is 1. The first-order valence-corrected chi connectivity index (χ1v) is 6.50. The van der Waals surface area contributed by atoms with Crippen molar-refractivity contribution in [2.24, 2.45) is 11.8 Å². The minimum Gasteiger partial charge on any atom is -0.380 e. The van der Waals surface area contributed by atoms with E-state index in [1.807, 2.05) is 7.11 Å². The second-order valence-electron chi connectivity index (χ2n) is 4.90. The lowest BCUT2D eigenvalue weighted by Crippen LogP contribution is -2.46. The van der Waals surface area contributed by atoms with Crippen LogP contribution in [-0.2, 0) is 4.74 Å². The molecule has 0 spiro atoms. The van der Waals surface area contributed by atoms with Crippen molar-refractivity contribution in [1.29, 1.82) is 0 Å². The molecule has 2 nitrogen and oxygen atoms in total. The topological polar surface area (TPSA) is 21.3 Å². The number of hydrogen-bond donors (Lipinski definition) is 1. The van der Waals surface area contributed by atoms with Gasteiger partial charge in [-0.25, -0.2) is 0 Å². The number of ether oxygens (including phenoxy) is 1. The third-order valence-electron chi connectivity index (χ3n) is 3.60. The normalized spacial score (nSPS) is 22.4. The lowest BCUT2D eigenvalue weighted by molar-refractivity contribution is 0.0332. The minimum absolute atomic E-state index is 0.437. The van der Waals surface area contributed by atoms with E-state index >= 15 is 0 Å². The predicted octanol–water partition coefficient (Wildman–Crippen LogP) is 2.83. The van der Waals surface area contributed by atoms with Crippen LogP contribution in [0.5, 0.6) is 0 Å². The molecule has 0 aliphatic heterocycles. The van der Waals surface area contributed by atoms with Crippen molar-refractivity contribution < 1.29 is 4.74 Å². The SMILES string of the molecule is CCCNC(C(C)CC)C(OC)C1CC1. The zero-order chi connectivity index (χ0) is 11.3. The molecule has 0 saturated heterocycles. The first-order valence-electron chi connectivity index (χ1n) is 6.50. The second kappa shape index (κ2) is 6.49. The zero-order valence-corrected chi connectivity index (χ0v) is 10.8. The number of rotatable bonds is 8. The van der Waals surface area contributed by atoms with Crippen molar-refractivity contribution in [3.63, 3.8) is 0 Å². The summed E-state index contributed by atoms with van der Waals surface area (Å²) >= 11 is 0. The Morgan fingerprint density at radius 3 is 2.40 bits per heavy atom. The minimum atomic E-state index is 0.437. The van der Waals surface area contributed by atoms with E-state index in [9.17, 15) is 0 Å². The first kappa shape index (κ1) is 13.0. The van der Waals surface area contributed by atoms with E-state index < -0.39 is 0 Å². The summed E-state index contributed by atoms with van der Waals surface area (Å²) in [5.74, 6) is 1.53. The average molecular weight is 213 g/mol. The molecule has 1 fully saturated rings. The fraction of sp³-hybridized carbons (Fsp3) is 1.00. The van der Waals surface area contributed by atoms with E-state index in [-0.39, 0.29) is 0 Å². The van der Waals surface area contributed by atoms with Gasteiger partial charge < -0.3 is 10.1 Å². The summed E-state index contributed by atoms with van der Waals surface area (Å²) in [7, 11) is 1.87. The summed E-state index contributed by atoms with van der Waals surface area (Å²) in [4.78, 5) is 0. The van der Waals surface area contributed by atoms with Crippen LogP contribution < -0.4 is 5.32 Å². The van der Waals surface area contributed by atoms with Gasteiger partial charge in [0.05, 0.1) is 6.10 Å². The Kier molecular flexibility index (Phi) is 5.62. The van der Waals surface area contributed by atoms with Crippen molar-refractivity contribution in [3.05, 3.63) is 0 Å². The quantitative estimate of drug-likeness (QED) is 0.669. The summed E-state index contributed by atoms with van der Waals surface area (Å²) in [6.45, 7) is 7.94. The van der Waals surface area contributed by atoms with Crippen molar-refractivity contribution in [2.75, 3.05) is 13.7 Å². The van der Waals surface area contributed by atoms with E-state index in [2.05, 4.69) is 26.1 Å². The standard InChI is InChI=1S/C13H27NO/c1-5-9-14-12(10(3)6-2)13(15-4)11-7-8-11/h10-14H,5-9H2,1-4H3. The molecule has 2 heteroatoms. The van der Waals surface area contributed by atoms with Crippen LogP contribution in [0.1, 0.15) is 46.5 Å². The highest BCUT2D eigenvalue weighted by Gasteiger charge is 2.38. The Hall–Kier alpha value is -0.0800. The van der Waals surface area contributed by atoms with E-state index in [1.165, 1.54) is 25.7 Å². The number of nitrogens with one attached hydrogen (secondary N) is 1. The number of hydrogen-bond acceptors (Lipinski definition) is 2. The lowest BCUT2D eigenvalue weighted by Gasteiger charge is -2.31. The summed E-state index contributed by atoms with van der Waals surface area (Å²) in [5, 5.41) is 3.67. The molecule has 0 aromatic heterocycles. The van der Waals surface area contributed by atoms with Crippen LogP contribution in [0.25, 0.3) is 0 Å². The molecule has 0 amide bonds. The fourth-order valence-corrected chi connectivity index (χ4v) is 2.26. The van der Waals surface area contributed by atoms with E-state index in [0.717, 1.165) is 12.5 Å². The van der Waals surface area contributed by atoms with Crippen LogP contribution in [0.2, 0.25) is 0 Å². The maximum Gasteiger partial charge on any atom is 0.0754 e. The van der Waals surface area contributed by atoms with Crippen LogP contribution in [-0.4, -0.2) is 25.8 Å². The molecule has 1 aliphatic carbocycles. The molecule has 0 aromatic rings. The van der Waals surface area contributed by atoms with Crippen molar-refractivity contribution in [2.45, 2.75) is 58.6 Å². The van der Waals surface area contributed by atoms with Gasteiger partial charge in [0, 0.05) is 13.2 Å². The molecule has 0 bridgehead atoms. The predicted molar refractivity (Wildman–Crippen MR) is 65.1 cm³/mol. The molecule has 0 heterocycles. The first-order chi connectivity index (χ1) is 7.24. The van der Waals surface area contributed by atoms with Gasteiger partial charge in [-0.15, -0.1) is 0 Å². The van der Waals surface area contributed by atoms with Gasteiger partial charge in [0.1, 0.15) is 0 Å². The molecule has 3 atom stereocenters. The molecule has 3 unspecified atom stereocenters. The highest BCUT2D eigenvalue weighted by Crippen LogP contribution is 2.37. The van der Waals surface area contributed by atoms with Gasteiger partial charge in [0.15, 0.2) is 0 Å². The molecular formula is C13H27NO. The van der Waals surface area contributed by atoms with Gasteiger partial charge in [0.25, 0.3) is 0 Å². The highest BCUT2D eigenvalue weighted by atomic mass is 16.5. The molecule has 1 N–H and O–H groups in total. The Bertz CT molecular complexity index is 168. The van der Waals surface area contributed by atoms with Crippen LogP contribution in [0.3, 0.4) is 0 Å². The summed E-state index contributed by atoms with van der Waals surface area (Å²) < 4.78 is 5.69. The summed E-state index contributed by atoms with van der Waals surface area (Å²) in [6, 6.07) is 0.549. The fourth-order valence-electron chi connectivity index (χ4n) is 2.26. The molecule has 1 rings (SSSR count). The van der Waals surface area contributed by atoms with Gasteiger partial charge >= 0.3 is 0 Å². The second-order valence-corrected chi connectivity index (χ2v) is 4.90. The van der Waals surface area contributed by atoms with Crippen LogP contribution in [0, 0.1) is 11.8 Å². The van der Waals surface area contributed by atoms with Crippen molar-refractivity contribution in [1.82, 2.24) is 5.32 Å². The summed E-state index contributed by atoms with van der Waals surface area (Å²) in [6.07, 6.45) is 5.59. The van der Waals surface area contributed by atoms with Crippen molar-refractivity contribution >= 4 is 0 Å². The molecule has 1 aliphatic rings. The molecule has 1 saturated carbocycles. The smallest absolute Gasteiger partial charge is 0.0754 e. The van der Waals surface area contributed by atoms with Crippen molar-refractivity contribution in [3.8, 4) is 0 Å². The van der Waals surface area contributed by atoms with Gasteiger partial charge in [-0.2, -0.15) is 0 Å². The van der Waals surface area contributed by atoms with Crippen LogP contribution >= 0.6 is 0 Å². The Morgan fingerprint density at radius 1 is 1.33 bits per heavy atom. The molecule has 90 valence electrons. The van der Waals surface area contributed by atoms with Crippen LogP contribution in [0.15, 0.2) is 0 Å². The summed E-state index contributed by atoms with van der Waals surface area (Å²) in [5.41, 5.74) is 0. The van der Waals surface area contributed by atoms with E-state index in [4.69, 9.17) is 4.74 Å². The third-order valence-corrected chi connectivity index (χ3v) is 3.60. The third kappa shape index (κ3) is 3.76. The maximum atomic E-state index is 5.69. The highest BCUT2D eigenvalue weighted by molar-refractivity contribution is 4.92. The van der Waals surface area contributed by atoms with E-state index in [0.29, 0.717) is 18.1 Å². The van der Waals surface area contributed by atoms with Crippen LogP contribution in [0.4, 0.5) is 0 Å². The monoisotopic (exact) mass is 213 g/mol. The van der Waals surface area contributed by atoms with Gasteiger partial charge in [-0.3, -0.25) is 0 Å². The Balaban J connectivity index is 2.51. The Labute approximate surface area is 94.8 Å². The Morgan fingerprint density at radius 2 is 2.00 bits per heavy atom. The maximum absolute atomic E-state index is 5.69. The average Bonchev–Trinajstić information content (AvgIpc) is 3.07. The van der Waals surface area contributed by atoms with Gasteiger partial charge in [-0.05, 0) is 37.6 Å². The molecule has 0 aromatic carbocycles. The molecule has 0 radical (unpaired) electrons. The van der Waals surface area contributed by atoms with E-state index in [1.54, 1.807) is 0 Å². The van der Waals surface area contributed by atoms with Gasteiger partial charge in [0.2, 0.25) is 0 Å².